The second kappa shape index (κ2) is 11.2. The van der Waals surface area contributed by atoms with Crippen LogP contribution >= 0.6 is 12.2 Å². The molecule has 7 heteroatoms. The number of ether oxygens (including phenoxy) is 4. The molecule has 0 radical (unpaired) electrons. The molecule has 0 saturated heterocycles. The number of nitrogens with one attached hydrogen (secondary N) is 1. The van der Waals surface area contributed by atoms with Gasteiger partial charge in [0.05, 0.1) is 34.1 Å². The Kier molecular flexibility index (Phi) is 8.16. The van der Waals surface area contributed by atoms with Crippen LogP contribution in [0.25, 0.3) is 0 Å². The minimum Gasteiger partial charge on any atom is -0.497 e. The molecule has 0 aromatic heterocycles. The van der Waals surface area contributed by atoms with Crippen LogP contribution in [0.15, 0.2) is 66.7 Å². The quantitative estimate of drug-likeness (QED) is 0.452. The zero-order valence-electron chi connectivity index (χ0n) is 18.8. The van der Waals surface area contributed by atoms with E-state index in [1.807, 2.05) is 54.6 Å². The van der Waals surface area contributed by atoms with Gasteiger partial charge in [-0.2, -0.15) is 0 Å². The summed E-state index contributed by atoms with van der Waals surface area (Å²) >= 11 is 5.81. The molecule has 0 atom stereocenters. The van der Waals surface area contributed by atoms with E-state index >= 15 is 0 Å². The monoisotopic (exact) mass is 452 g/mol. The summed E-state index contributed by atoms with van der Waals surface area (Å²) in [4.78, 5) is 2.09. The van der Waals surface area contributed by atoms with E-state index in [2.05, 4.69) is 22.3 Å². The number of hydrogen-bond acceptors (Lipinski definition) is 5. The van der Waals surface area contributed by atoms with Crippen molar-refractivity contribution in [3.63, 3.8) is 0 Å². The number of thiocarbonyl (C=S) groups is 1. The van der Waals surface area contributed by atoms with Gasteiger partial charge in [0.15, 0.2) is 16.6 Å². The lowest BCUT2D eigenvalue weighted by Crippen LogP contribution is -2.34. The maximum absolute atomic E-state index is 5.81. The molecule has 0 spiro atoms. The minimum absolute atomic E-state index is 0.576. The van der Waals surface area contributed by atoms with E-state index in [0.29, 0.717) is 41.2 Å². The first-order valence-corrected chi connectivity index (χ1v) is 10.5. The Morgan fingerprint density at radius 1 is 0.719 bits per heavy atom. The summed E-state index contributed by atoms with van der Waals surface area (Å²) in [5.74, 6) is 2.73. The van der Waals surface area contributed by atoms with E-state index in [0.717, 1.165) is 16.8 Å². The van der Waals surface area contributed by atoms with Crippen molar-refractivity contribution in [2.45, 2.75) is 13.1 Å². The van der Waals surface area contributed by atoms with E-state index in [4.69, 9.17) is 31.2 Å². The van der Waals surface area contributed by atoms with Crippen LogP contribution < -0.4 is 24.3 Å². The van der Waals surface area contributed by atoms with Gasteiger partial charge in [-0.15, -0.1) is 0 Å². The van der Waals surface area contributed by atoms with Crippen LogP contribution in [0, 0.1) is 0 Å². The van der Waals surface area contributed by atoms with Crippen LogP contribution in [0.5, 0.6) is 23.0 Å². The van der Waals surface area contributed by atoms with E-state index in [-0.39, 0.29) is 0 Å². The van der Waals surface area contributed by atoms with Crippen LogP contribution in [0.3, 0.4) is 0 Å². The van der Waals surface area contributed by atoms with Crippen LogP contribution in [-0.4, -0.2) is 38.5 Å². The SMILES string of the molecule is COc1ccc(NC(=S)N(Cc2ccccc2)Cc2ccc(OC)c(OC)c2)c(OC)c1. The fraction of sp³-hybridized carbons (Fsp3) is 0.240. The predicted molar refractivity (Wildman–Crippen MR) is 131 cm³/mol. The number of methoxy groups -OCH3 is 4. The van der Waals surface area contributed by atoms with Gasteiger partial charge in [-0.1, -0.05) is 36.4 Å². The van der Waals surface area contributed by atoms with Crippen LogP contribution in [0.2, 0.25) is 0 Å². The van der Waals surface area contributed by atoms with E-state index in [9.17, 15) is 0 Å². The largest absolute Gasteiger partial charge is 0.497 e. The lowest BCUT2D eigenvalue weighted by atomic mass is 10.1. The Morgan fingerprint density at radius 2 is 1.41 bits per heavy atom. The molecule has 0 amide bonds. The highest BCUT2D eigenvalue weighted by molar-refractivity contribution is 7.80. The maximum atomic E-state index is 5.81. The Labute approximate surface area is 194 Å². The zero-order valence-corrected chi connectivity index (χ0v) is 19.6. The second-order valence-corrected chi connectivity index (χ2v) is 7.41. The molecule has 0 bridgehead atoms. The first kappa shape index (κ1) is 23.2. The first-order chi connectivity index (χ1) is 15.6. The molecule has 3 rings (SSSR count). The number of anilines is 1. The van der Waals surface area contributed by atoms with Crippen molar-refractivity contribution in [3.05, 3.63) is 77.9 Å². The van der Waals surface area contributed by atoms with Crippen molar-refractivity contribution < 1.29 is 18.9 Å². The zero-order chi connectivity index (χ0) is 22.9. The van der Waals surface area contributed by atoms with Gasteiger partial charge in [0, 0.05) is 19.2 Å². The van der Waals surface area contributed by atoms with Crippen LogP contribution in [0.1, 0.15) is 11.1 Å². The van der Waals surface area contributed by atoms with Crippen molar-refractivity contribution in [3.8, 4) is 23.0 Å². The van der Waals surface area contributed by atoms with Crippen molar-refractivity contribution >= 4 is 23.0 Å². The number of nitrogens with zero attached hydrogens (tertiary/aromatic N) is 1. The summed E-state index contributed by atoms with van der Waals surface area (Å²) in [5, 5.41) is 3.90. The van der Waals surface area contributed by atoms with Gasteiger partial charge < -0.3 is 29.2 Å². The fourth-order valence-corrected chi connectivity index (χ4v) is 3.54. The molecule has 6 nitrogen and oxygen atoms in total. The molecule has 0 unspecified atom stereocenters. The third-order valence-electron chi connectivity index (χ3n) is 4.98. The molecule has 0 aliphatic rings. The molecule has 32 heavy (non-hydrogen) atoms. The highest BCUT2D eigenvalue weighted by Crippen LogP contribution is 2.31. The van der Waals surface area contributed by atoms with Crippen molar-refractivity contribution in [2.75, 3.05) is 33.8 Å². The minimum atomic E-state index is 0.576. The van der Waals surface area contributed by atoms with Crippen molar-refractivity contribution in [1.29, 1.82) is 0 Å². The predicted octanol–water partition coefficient (Wildman–Crippen LogP) is 5.12. The normalized spacial score (nSPS) is 10.2. The topological polar surface area (TPSA) is 52.2 Å². The third-order valence-corrected chi connectivity index (χ3v) is 5.34. The lowest BCUT2D eigenvalue weighted by molar-refractivity contribution is 0.352. The molecule has 0 fully saturated rings. The summed E-state index contributed by atoms with van der Waals surface area (Å²) in [6.07, 6.45) is 0. The van der Waals surface area contributed by atoms with E-state index in [1.165, 1.54) is 0 Å². The van der Waals surface area contributed by atoms with Gasteiger partial charge in [0.2, 0.25) is 0 Å². The number of benzene rings is 3. The molecular formula is C25H28N2O4S. The van der Waals surface area contributed by atoms with Gasteiger partial charge in [0.25, 0.3) is 0 Å². The maximum Gasteiger partial charge on any atom is 0.174 e. The van der Waals surface area contributed by atoms with Crippen molar-refractivity contribution in [1.82, 2.24) is 4.90 Å². The molecule has 168 valence electrons. The standard InChI is InChI=1S/C25H28N2O4S/c1-28-20-11-12-21(23(15-20)30-3)26-25(32)27(16-18-8-6-5-7-9-18)17-19-10-13-22(29-2)24(14-19)31-4/h5-15H,16-17H2,1-4H3,(H,26,32). The molecule has 3 aromatic carbocycles. The number of rotatable bonds is 9. The smallest absolute Gasteiger partial charge is 0.174 e. The van der Waals surface area contributed by atoms with Crippen LogP contribution in [-0.2, 0) is 13.1 Å². The summed E-state index contributed by atoms with van der Waals surface area (Å²) in [5.41, 5.74) is 2.96. The summed E-state index contributed by atoms with van der Waals surface area (Å²) in [7, 11) is 6.50. The lowest BCUT2D eigenvalue weighted by Gasteiger charge is -2.27. The van der Waals surface area contributed by atoms with Gasteiger partial charge >= 0.3 is 0 Å². The van der Waals surface area contributed by atoms with Crippen LogP contribution in [0.4, 0.5) is 5.69 Å². The van der Waals surface area contributed by atoms with Gasteiger partial charge in [-0.25, -0.2) is 0 Å². The first-order valence-electron chi connectivity index (χ1n) is 10.1. The highest BCUT2D eigenvalue weighted by Gasteiger charge is 2.15. The van der Waals surface area contributed by atoms with Crippen molar-refractivity contribution in [2.24, 2.45) is 0 Å². The molecule has 0 saturated carbocycles. The summed E-state index contributed by atoms with van der Waals surface area (Å²) in [6.45, 7) is 1.22. The molecule has 0 aliphatic carbocycles. The molecular weight excluding hydrogens is 424 g/mol. The fourth-order valence-electron chi connectivity index (χ4n) is 3.30. The van der Waals surface area contributed by atoms with Gasteiger partial charge in [0.1, 0.15) is 11.5 Å². The van der Waals surface area contributed by atoms with E-state index < -0.39 is 0 Å². The summed E-state index contributed by atoms with van der Waals surface area (Å²) < 4.78 is 21.6. The Morgan fingerprint density at radius 3 is 2.06 bits per heavy atom. The highest BCUT2D eigenvalue weighted by atomic mass is 32.1. The molecule has 3 aromatic rings. The Bertz CT molecular complexity index is 1040. The van der Waals surface area contributed by atoms with Gasteiger partial charge in [-0.05, 0) is 47.6 Å². The average Bonchev–Trinajstić information content (AvgIpc) is 2.84. The third kappa shape index (κ3) is 5.82. The van der Waals surface area contributed by atoms with E-state index in [1.54, 1.807) is 28.4 Å². The molecule has 0 heterocycles. The van der Waals surface area contributed by atoms with Gasteiger partial charge in [-0.3, -0.25) is 0 Å². The molecule has 1 N–H and O–H groups in total. The number of hydrogen-bond donors (Lipinski definition) is 1. The summed E-state index contributed by atoms with van der Waals surface area (Å²) in [6, 6.07) is 21.7. The molecule has 0 aliphatic heterocycles. The average molecular weight is 453 g/mol. The second-order valence-electron chi connectivity index (χ2n) is 7.03. The Hall–Kier alpha value is -3.45. The Balaban J connectivity index is 1.86.